The van der Waals surface area contributed by atoms with Crippen LogP contribution >= 0.6 is 0 Å². The van der Waals surface area contributed by atoms with Crippen molar-refractivity contribution in [1.29, 1.82) is 0 Å². The lowest BCUT2D eigenvalue weighted by molar-refractivity contribution is -0.245. The van der Waals surface area contributed by atoms with Crippen molar-refractivity contribution in [3.63, 3.8) is 0 Å². The molecule has 6 nitrogen and oxygen atoms in total. The third-order valence-corrected chi connectivity index (χ3v) is 7.75. The van der Waals surface area contributed by atoms with Gasteiger partial charge in [0.1, 0.15) is 5.60 Å². The fourth-order valence-corrected chi connectivity index (χ4v) is 6.65. The van der Waals surface area contributed by atoms with E-state index in [4.69, 9.17) is 14.2 Å². The second-order valence-corrected chi connectivity index (χ2v) is 10.8. The molecule has 4 saturated carbocycles. The molecule has 0 amide bonds. The maximum Gasteiger partial charge on any atom is 0.344 e. The Bertz CT molecular complexity index is 783. The minimum Gasteiger partial charge on any atom is -0.465 e. The molecule has 0 aromatic heterocycles. The van der Waals surface area contributed by atoms with Crippen molar-refractivity contribution in [3.05, 3.63) is 12.2 Å². The minimum atomic E-state index is -2.77. The molecule has 4 aliphatic carbocycles. The molecular formula is C25H36F2O6. The van der Waals surface area contributed by atoms with Gasteiger partial charge in [0.2, 0.25) is 5.92 Å². The summed E-state index contributed by atoms with van der Waals surface area (Å²) in [5.74, 6) is -3.95. The van der Waals surface area contributed by atoms with E-state index in [9.17, 15) is 23.2 Å². The van der Waals surface area contributed by atoms with E-state index in [1.165, 1.54) is 6.92 Å². The first-order chi connectivity index (χ1) is 15.3. The number of halogens is 2. The van der Waals surface area contributed by atoms with Gasteiger partial charge >= 0.3 is 17.9 Å². The van der Waals surface area contributed by atoms with Crippen LogP contribution in [0, 0.1) is 29.1 Å². The monoisotopic (exact) mass is 470 g/mol. The zero-order chi connectivity index (χ0) is 24.6. The molecule has 4 bridgehead atoms. The second kappa shape index (κ2) is 9.34. The minimum absolute atomic E-state index is 0.00272. The molecule has 0 saturated heterocycles. The molecule has 4 rings (SSSR count). The number of esters is 3. The molecule has 0 radical (unpaired) electrons. The average molecular weight is 471 g/mol. The Morgan fingerprint density at radius 2 is 1.70 bits per heavy atom. The number of alkyl halides is 2. The van der Waals surface area contributed by atoms with Crippen LogP contribution in [-0.4, -0.2) is 42.6 Å². The van der Waals surface area contributed by atoms with E-state index < -0.39 is 35.5 Å². The molecule has 0 N–H and O–H groups in total. The van der Waals surface area contributed by atoms with Gasteiger partial charge in [0.25, 0.3) is 0 Å². The lowest BCUT2D eigenvalue weighted by Crippen LogP contribution is -2.66. The van der Waals surface area contributed by atoms with Gasteiger partial charge in [-0.05, 0) is 64.2 Å². The van der Waals surface area contributed by atoms with Gasteiger partial charge in [-0.2, -0.15) is 0 Å². The normalized spacial score (nSPS) is 32.5. The molecule has 33 heavy (non-hydrogen) atoms. The Balaban J connectivity index is 1.69. The van der Waals surface area contributed by atoms with E-state index >= 15 is 0 Å². The average Bonchev–Trinajstić information content (AvgIpc) is 2.70. The highest BCUT2D eigenvalue weighted by Gasteiger charge is 2.67. The highest BCUT2D eigenvalue weighted by atomic mass is 19.3. The third-order valence-electron chi connectivity index (χ3n) is 7.75. The molecule has 0 aromatic carbocycles. The molecule has 8 heteroatoms. The van der Waals surface area contributed by atoms with Crippen LogP contribution in [0.5, 0.6) is 0 Å². The predicted molar refractivity (Wildman–Crippen MR) is 116 cm³/mol. The molecule has 2 unspecified atom stereocenters. The van der Waals surface area contributed by atoms with Crippen molar-refractivity contribution in [2.45, 2.75) is 84.2 Å². The van der Waals surface area contributed by atoms with E-state index in [0.717, 1.165) is 26.2 Å². The number of ether oxygens (including phenoxy) is 3. The van der Waals surface area contributed by atoms with E-state index in [1.54, 1.807) is 0 Å². The third kappa shape index (κ3) is 5.24. The zero-order valence-corrected chi connectivity index (χ0v) is 20.1. The molecule has 0 aliphatic heterocycles. The smallest absolute Gasteiger partial charge is 0.344 e. The SMILES string of the molecule is C=C(C)C(=O)OCC(=O)OC1(C(C)C)C2CC3CC1CC(C(=O)OCCCC(C)(F)F)(C3)C2. The van der Waals surface area contributed by atoms with Crippen LogP contribution in [0.15, 0.2) is 12.2 Å². The topological polar surface area (TPSA) is 78.9 Å². The van der Waals surface area contributed by atoms with Crippen LogP contribution in [0.4, 0.5) is 8.78 Å². The van der Waals surface area contributed by atoms with Crippen molar-refractivity contribution >= 4 is 17.9 Å². The number of hydrogen-bond acceptors (Lipinski definition) is 6. The van der Waals surface area contributed by atoms with Gasteiger partial charge in [0.05, 0.1) is 12.0 Å². The van der Waals surface area contributed by atoms with E-state index in [1.807, 2.05) is 13.8 Å². The summed E-state index contributed by atoms with van der Waals surface area (Å²) in [6.07, 6.45) is 3.39. The first kappa shape index (κ1) is 25.6. The summed E-state index contributed by atoms with van der Waals surface area (Å²) < 4.78 is 42.6. The van der Waals surface area contributed by atoms with Crippen LogP contribution in [0.25, 0.3) is 0 Å². The maximum atomic E-state index is 13.1. The number of hydrogen-bond donors (Lipinski definition) is 0. The number of rotatable bonds is 10. The van der Waals surface area contributed by atoms with Gasteiger partial charge < -0.3 is 14.2 Å². The Morgan fingerprint density at radius 3 is 2.21 bits per heavy atom. The molecule has 0 heterocycles. The van der Waals surface area contributed by atoms with Crippen LogP contribution in [0.3, 0.4) is 0 Å². The maximum absolute atomic E-state index is 13.1. The highest BCUT2D eigenvalue weighted by molar-refractivity contribution is 5.88. The lowest BCUT2D eigenvalue weighted by atomic mass is 9.43. The largest absolute Gasteiger partial charge is 0.465 e. The van der Waals surface area contributed by atoms with Crippen LogP contribution in [0.2, 0.25) is 0 Å². The zero-order valence-electron chi connectivity index (χ0n) is 20.1. The fraction of sp³-hybridized carbons (Fsp3) is 0.800. The summed E-state index contributed by atoms with van der Waals surface area (Å²) in [5, 5.41) is 0. The molecule has 186 valence electrons. The summed E-state index contributed by atoms with van der Waals surface area (Å²) in [6.45, 7) is 9.43. The molecule has 0 aromatic rings. The Labute approximate surface area is 194 Å². The van der Waals surface area contributed by atoms with Gasteiger partial charge in [-0.3, -0.25) is 4.79 Å². The van der Waals surface area contributed by atoms with Gasteiger partial charge in [0, 0.05) is 23.8 Å². The van der Waals surface area contributed by atoms with Crippen LogP contribution < -0.4 is 0 Å². The molecule has 4 fully saturated rings. The first-order valence-electron chi connectivity index (χ1n) is 11.9. The molecule has 0 spiro atoms. The van der Waals surface area contributed by atoms with Crippen molar-refractivity contribution in [3.8, 4) is 0 Å². The van der Waals surface area contributed by atoms with Gasteiger partial charge in [-0.15, -0.1) is 0 Å². The van der Waals surface area contributed by atoms with Gasteiger partial charge in [-0.25, -0.2) is 18.4 Å². The molecule has 2 atom stereocenters. The Morgan fingerprint density at radius 1 is 1.09 bits per heavy atom. The summed E-state index contributed by atoms with van der Waals surface area (Å²) >= 11 is 0. The van der Waals surface area contributed by atoms with Crippen molar-refractivity contribution in [1.82, 2.24) is 0 Å². The van der Waals surface area contributed by atoms with Crippen LogP contribution in [-0.2, 0) is 28.6 Å². The first-order valence-corrected chi connectivity index (χ1v) is 11.9. The predicted octanol–water partition coefficient (Wildman–Crippen LogP) is 4.85. The van der Waals surface area contributed by atoms with E-state index in [0.29, 0.717) is 18.8 Å². The van der Waals surface area contributed by atoms with E-state index in [-0.39, 0.29) is 48.7 Å². The van der Waals surface area contributed by atoms with Crippen LogP contribution in [0.1, 0.15) is 72.6 Å². The second-order valence-electron chi connectivity index (χ2n) is 10.8. The Kier molecular flexibility index (Phi) is 7.25. The van der Waals surface area contributed by atoms with Crippen molar-refractivity contribution in [2.75, 3.05) is 13.2 Å². The van der Waals surface area contributed by atoms with Crippen molar-refractivity contribution in [2.24, 2.45) is 29.1 Å². The lowest BCUT2D eigenvalue weighted by Gasteiger charge is -2.64. The molecular weight excluding hydrogens is 434 g/mol. The number of carbonyl (C=O) groups is 3. The van der Waals surface area contributed by atoms with Gasteiger partial charge in [-0.1, -0.05) is 20.4 Å². The van der Waals surface area contributed by atoms with Crippen molar-refractivity contribution < 1.29 is 37.4 Å². The standard InChI is InChI=1S/C25H36F2O6/c1-15(2)21(29)32-14-20(28)33-25(16(3)4)18-9-17-10-19(25)13-24(11-17,12-18)22(30)31-8-6-7-23(5,26)27/h16-19H,1,6-14H2,2-5H3. The van der Waals surface area contributed by atoms with E-state index in [2.05, 4.69) is 6.58 Å². The quantitative estimate of drug-likeness (QED) is 0.197. The number of carbonyl (C=O) groups excluding carboxylic acids is 3. The summed E-state index contributed by atoms with van der Waals surface area (Å²) in [6, 6.07) is 0. The molecule has 4 aliphatic rings. The fourth-order valence-electron chi connectivity index (χ4n) is 6.65. The summed E-state index contributed by atoms with van der Waals surface area (Å²) in [4.78, 5) is 37.4. The Hall–Kier alpha value is -1.99. The highest BCUT2D eigenvalue weighted by Crippen LogP contribution is 2.66. The summed E-state index contributed by atoms with van der Waals surface area (Å²) in [5.41, 5.74) is -1.15. The summed E-state index contributed by atoms with van der Waals surface area (Å²) in [7, 11) is 0. The van der Waals surface area contributed by atoms with Gasteiger partial charge in [0.15, 0.2) is 6.61 Å².